The van der Waals surface area contributed by atoms with E-state index in [-0.39, 0.29) is 5.91 Å². The summed E-state index contributed by atoms with van der Waals surface area (Å²) in [7, 11) is 0. The first-order valence-corrected chi connectivity index (χ1v) is 6.52. The predicted molar refractivity (Wildman–Crippen MR) is 75.5 cm³/mol. The van der Waals surface area contributed by atoms with Gasteiger partial charge in [0.1, 0.15) is 0 Å². The van der Waals surface area contributed by atoms with Crippen LogP contribution in [0.15, 0.2) is 48.1 Å². The van der Waals surface area contributed by atoms with E-state index < -0.39 is 0 Å². The highest BCUT2D eigenvalue weighted by Crippen LogP contribution is 2.15. The number of allylic oxidation sites excluding steroid dienone is 3. The van der Waals surface area contributed by atoms with Crippen LogP contribution in [-0.2, 0) is 11.2 Å². The van der Waals surface area contributed by atoms with Gasteiger partial charge in [-0.3, -0.25) is 4.79 Å². The van der Waals surface area contributed by atoms with Gasteiger partial charge < -0.3 is 5.32 Å². The summed E-state index contributed by atoms with van der Waals surface area (Å²) in [4.78, 5) is 11.9. The van der Waals surface area contributed by atoms with E-state index in [0.29, 0.717) is 6.42 Å². The molecule has 0 saturated heterocycles. The summed E-state index contributed by atoms with van der Waals surface area (Å²) in [5.41, 5.74) is 3.25. The van der Waals surface area contributed by atoms with Crippen molar-refractivity contribution in [3.05, 3.63) is 53.6 Å². The van der Waals surface area contributed by atoms with E-state index in [1.54, 1.807) is 0 Å². The molecule has 0 bridgehead atoms. The van der Waals surface area contributed by atoms with E-state index in [1.807, 2.05) is 24.3 Å². The molecule has 1 aromatic rings. The molecular formula is C16H19NO. The van der Waals surface area contributed by atoms with Crippen molar-refractivity contribution in [2.24, 2.45) is 0 Å². The zero-order chi connectivity index (χ0) is 12.8. The Bertz CT molecular complexity index is 486. The molecule has 1 aliphatic rings. The lowest BCUT2D eigenvalue weighted by molar-refractivity contribution is -0.115. The van der Waals surface area contributed by atoms with Crippen molar-refractivity contribution >= 4 is 11.6 Å². The van der Waals surface area contributed by atoms with Crippen LogP contribution >= 0.6 is 0 Å². The third-order valence-electron chi connectivity index (χ3n) is 3.06. The molecule has 2 nitrogen and oxygen atoms in total. The first-order valence-electron chi connectivity index (χ1n) is 6.52. The van der Waals surface area contributed by atoms with Gasteiger partial charge in [-0.25, -0.2) is 0 Å². The molecule has 1 aliphatic carbocycles. The van der Waals surface area contributed by atoms with Gasteiger partial charge in [-0.05, 0) is 42.5 Å². The highest BCUT2D eigenvalue weighted by atomic mass is 16.1. The number of carbonyl (C=O) groups is 1. The third-order valence-corrected chi connectivity index (χ3v) is 3.06. The second kappa shape index (κ2) is 6.20. The molecular weight excluding hydrogens is 222 g/mol. The number of amides is 1. The van der Waals surface area contributed by atoms with Gasteiger partial charge in [-0.1, -0.05) is 37.3 Å². The summed E-state index contributed by atoms with van der Waals surface area (Å²) >= 11 is 0. The van der Waals surface area contributed by atoms with Gasteiger partial charge in [0.2, 0.25) is 5.91 Å². The Balaban J connectivity index is 1.94. The van der Waals surface area contributed by atoms with Crippen molar-refractivity contribution in [1.29, 1.82) is 0 Å². The van der Waals surface area contributed by atoms with Gasteiger partial charge in [0, 0.05) is 5.69 Å². The van der Waals surface area contributed by atoms with Gasteiger partial charge in [-0.2, -0.15) is 0 Å². The van der Waals surface area contributed by atoms with E-state index in [9.17, 15) is 4.79 Å². The van der Waals surface area contributed by atoms with Crippen molar-refractivity contribution in [3.63, 3.8) is 0 Å². The maximum Gasteiger partial charge on any atom is 0.228 e. The Morgan fingerprint density at radius 3 is 2.94 bits per heavy atom. The maximum absolute atomic E-state index is 11.9. The lowest BCUT2D eigenvalue weighted by atomic mass is 10.0. The zero-order valence-electron chi connectivity index (χ0n) is 10.8. The van der Waals surface area contributed by atoms with Crippen LogP contribution in [0, 0.1) is 0 Å². The van der Waals surface area contributed by atoms with Gasteiger partial charge in [-0.15, -0.1) is 0 Å². The highest BCUT2D eigenvalue weighted by molar-refractivity contribution is 5.92. The van der Waals surface area contributed by atoms with E-state index in [0.717, 1.165) is 30.5 Å². The van der Waals surface area contributed by atoms with Gasteiger partial charge in [0.25, 0.3) is 0 Å². The molecule has 0 heterocycles. The van der Waals surface area contributed by atoms with Crippen LogP contribution in [-0.4, -0.2) is 5.91 Å². The molecule has 1 amide bonds. The minimum Gasteiger partial charge on any atom is -0.326 e. The van der Waals surface area contributed by atoms with Crippen molar-refractivity contribution in [1.82, 2.24) is 0 Å². The quantitative estimate of drug-likeness (QED) is 0.852. The fraction of sp³-hybridized carbons (Fsp3) is 0.312. The van der Waals surface area contributed by atoms with Crippen molar-refractivity contribution in [2.75, 3.05) is 5.32 Å². The standard InChI is InChI=1S/C16H19NO/c1-2-13-9-6-10-15(11-13)17-16(18)12-14-7-4-3-5-8-14/h4,6-11H,2-3,5,12H2,1H3,(H,17,18). The summed E-state index contributed by atoms with van der Waals surface area (Å²) in [5, 5.41) is 2.95. The number of hydrogen-bond acceptors (Lipinski definition) is 1. The molecule has 1 aromatic carbocycles. The van der Waals surface area contributed by atoms with Crippen molar-refractivity contribution in [3.8, 4) is 0 Å². The molecule has 2 rings (SSSR count). The summed E-state index contributed by atoms with van der Waals surface area (Å²) in [6.45, 7) is 2.11. The van der Waals surface area contributed by atoms with E-state index in [1.165, 1.54) is 5.56 Å². The zero-order valence-corrected chi connectivity index (χ0v) is 10.8. The minimum atomic E-state index is 0.0565. The number of hydrogen-bond donors (Lipinski definition) is 1. The van der Waals surface area contributed by atoms with Crippen LogP contribution in [0.5, 0.6) is 0 Å². The SMILES string of the molecule is CCc1cccc(NC(=O)CC2=CCCC=C2)c1. The van der Waals surface area contributed by atoms with Crippen molar-refractivity contribution < 1.29 is 4.79 Å². The number of aryl methyl sites for hydroxylation is 1. The Hall–Kier alpha value is -1.83. The summed E-state index contributed by atoms with van der Waals surface area (Å²) in [6.07, 6.45) is 9.90. The maximum atomic E-state index is 11.9. The molecule has 0 unspecified atom stereocenters. The number of nitrogens with one attached hydrogen (secondary N) is 1. The average Bonchev–Trinajstić information content (AvgIpc) is 2.40. The smallest absolute Gasteiger partial charge is 0.228 e. The monoisotopic (exact) mass is 241 g/mol. The normalized spacial score (nSPS) is 14.2. The largest absolute Gasteiger partial charge is 0.326 e. The minimum absolute atomic E-state index is 0.0565. The van der Waals surface area contributed by atoms with Crippen LogP contribution < -0.4 is 5.32 Å². The molecule has 0 atom stereocenters. The molecule has 0 aliphatic heterocycles. The average molecular weight is 241 g/mol. The fourth-order valence-corrected chi connectivity index (χ4v) is 2.06. The summed E-state index contributed by atoms with van der Waals surface area (Å²) < 4.78 is 0. The lowest BCUT2D eigenvalue weighted by Crippen LogP contribution is -2.12. The molecule has 0 fully saturated rings. The Labute approximate surface area is 108 Å². The first-order chi connectivity index (χ1) is 8.78. The lowest BCUT2D eigenvalue weighted by Gasteiger charge is -2.09. The van der Waals surface area contributed by atoms with E-state index in [4.69, 9.17) is 0 Å². The molecule has 2 heteroatoms. The molecule has 0 aromatic heterocycles. The Kier molecular flexibility index (Phi) is 4.35. The number of anilines is 1. The van der Waals surface area contributed by atoms with Crippen LogP contribution in [0.1, 0.15) is 31.7 Å². The fourth-order valence-electron chi connectivity index (χ4n) is 2.06. The molecule has 1 N–H and O–H groups in total. The number of carbonyl (C=O) groups excluding carboxylic acids is 1. The van der Waals surface area contributed by atoms with E-state index >= 15 is 0 Å². The molecule has 94 valence electrons. The highest BCUT2D eigenvalue weighted by Gasteiger charge is 2.06. The van der Waals surface area contributed by atoms with E-state index in [2.05, 4.69) is 30.5 Å². The second-order valence-electron chi connectivity index (χ2n) is 4.54. The molecule has 18 heavy (non-hydrogen) atoms. The van der Waals surface area contributed by atoms with Crippen LogP contribution in [0.3, 0.4) is 0 Å². The van der Waals surface area contributed by atoms with Crippen LogP contribution in [0.2, 0.25) is 0 Å². The van der Waals surface area contributed by atoms with Crippen LogP contribution in [0.25, 0.3) is 0 Å². The third kappa shape index (κ3) is 3.59. The topological polar surface area (TPSA) is 29.1 Å². The van der Waals surface area contributed by atoms with Gasteiger partial charge in [0.05, 0.1) is 6.42 Å². The van der Waals surface area contributed by atoms with Crippen molar-refractivity contribution in [2.45, 2.75) is 32.6 Å². The second-order valence-corrected chi connectivity index (χ2v) is 4.54. The van der Waals surface area contributed by atoms with Crippen LogP contribution in [0.4, 0.5) is 5.69 Å². The molecule has 0 radical (unpaired) electrons. The predicted octanol–water partition coefficient (Wildman–Crippen LogP) is 3.85. The summed E-state index contributed by atoms with van der Waals surface area (Å²) in [6, 6.07) is 8.02. The Morgan fingerprint density at radius 1 is 1.33 bits per heavy atom. The number of benzene rings is 1. The molecule has 0 saturated carbocycles. The first kappa shape index (κ1) is 12.6. The summed E-state index contributed by atoms with van der Waals surface area (Å²) in [5.74, 6) is 0.0565. The van der Waals surface area contributed by atoms with Gasteiger partial charge in [0.15, 0.2) is 0 Å². The van der Waals surface area contributed by atoms with Gasteiger partial charge >= 0.3 is 0 Å². The molecule has 0 spiro atoms. The number of rotatable bonds is 4. The Morgan fingerprint density at radius 2 is 2.22 bits per heavy atom.